The van der Waals surface area contributed by atoms with Gasteiger partial charge < -0.3 is 10.1 Å². The number of hydrogen-bond acceptors (Lipinski definition) is 2. The van der Waals surface area contributed by atoms with Crippen molar-refractivity contribution in [2.24, 2.45) is 0 Å². The lowest BCUT2D eigenvalue weighted by molar-refractivity contribution is 0.479. The van der Waals surface area contributed by atoms with Crippen molar-refractivity contribution in [1.82, 2.24) is 5.32 Å². The van der Waals surface area contributed by atoms with Crippen molar-refractivity contribution in [2.75, 3.05) is 6.54 Å². The van der Waals surface area contributed by atoms with Crippen LogP contribution >= 0.6 is 47.8 Å². The van der Waals surface area contributed by atoms with Crippen molar-refractivity contribution >= 4 is 47.8 Å². The predicted octanol–water partition coefficient (Wildman–Crippen LogP) is 5.88. The summed E-state index contributed by atoms with van der Waals surface area (Å²) < 4.78 is 8.86. The molecule has 106 valence electrons. The molecular formula is C15H14Br3NO. The average molecular weight is 464 g/mol. The second-order valence-corrected chi connectivity index (χ2v) is 6.83. The molecule has 0 spiro atoms. The predicted molar refractivity (Wildman–Crippen MR) is 93.4 cm³/mol. The Kier molecular flexibility index (Phi) is 6.08. The summed E-state index contributed by atoms with van der Waals surface area (Å²) in [5.74, 6) is 1.60. The van der Waals surface area contributed by atoms with E-state index in [9.17, 15) is 0 Å². The van der Waals surface area contributed by atoms with E-state index in [1.807, 2.05) is 30.3 Å². The lowest BCUT2D eigenvalue weighted by atomic mass is 10.2. The van der Waals surface area contributed by atoms with Crippen molar-refractivity contribution in [2.45, 2.75) is 13.5 Å². The van der Waals surface area contributed by atoms with Gasteiger partial charge in [0.05, 0.1) is 4.47 Å². The average Bonchev–Trinajstić information content (AvgIpc) is 2.41. The number of rotatable bonds is 5. The minimum absolute atomic E-state index is 0.791. The molecular weight excluding hydrogens is 450 g/mol. The van der Waals surface area contributed by atoms with Crippen LogP contribution in [0.25, 0.3) is 0 Å². The van der Waals surface area contributed by atoms with Gasteiger partial charge in [-0.25, -0.2) is 0 Å². The molecule has 0 unspecified atom stereocenters. The summed E-state index contributed by atoms with van der Waals surface area (Å²) in [6, 6.07) is 11.9. The first kappa shape index (κ1) is 16.0. The Morgan fingerprint density at radius 3 is 2.45 bits per heavy atom. The fourth-order valence-corrected chi connectivity index (χ4v) is 3.31. The highest BCUT2D eigenvalue weighted by atomic mass is 79.9. The zero-order valence-corrected chi connectivity index (χ0v) is 15.7. The highest BCUT2D eigenvalue weighted by Gasteiger charge is 2.06. The summed E-state index contributed by atoms with van der Waals surface area (Å²) in [6.07, 6.45) is 0. The largest absolute Gasteiger partial charge is 0.456 e. The van der Waals surface area contributed by atoms with Gasteiger partial charge in [-0.15, -0.1) is 0 Å². The minimum Gasteiger partial charge on any atom is -0.456 e. The quantitative estimate of drug-likeness (QED) is 0.598. The van der Waals surface area contributed by atoms with Crippen molar-refractivity contribution in [3.8, 4) is 11.5 Å². The third kappa shape index (κ3) is 4.32. The second kappa shape index (κ2) is 7.59. The third-order valence-electron chi connectivity index (χ3n) is 2.71. The highest BCUT2D eigenvalue weighted by molar-refractivity contribution is 9.11. The normalized spacial score (nSPS) is 10.6. The molecule has 2 nitrogen and oxygen atoms in total. The Balaban J connectivity index is 2.15. The van der Waals surface area contributed by atoms with Gasteiger partial charge in [0, 0.05) is 15.5 Å². The number of benzene rings is 2. The summed E-state index contributed by atoms with van der Waals surface area (Å²) in [4.78, 5) is 0. The first-order chi connectivity index (χ1) is 9.60. The molecule has 0 saturated carbocycles. The Bertz CT molecular complexity index is 602. The molecule has 0 aromatic heterocycles. The monoisotopic (exact) mass is 461 g/mol. The lowest BCUT2D eigenvalue weighted by Gasteiger charge is -2.11. The topological polar surface area (TPSA) is 21.3 Å². The van der Waals surface area contributed by atoms with Gasteiger partial charge in [-0.1, -0.05) is 44.8 Å². The van der Waals surface area contributed by atoms with E-state index in [0.29, 0.717) is 0 Å². The second-order valence-electron chi connectivity index (χ2n) is 4.21. The molecule has 0 heterocycles. The van der Waals surface area contributed by atoms with Gasteiger partial charge in [0.15, 0.2) is 0 Å². The van der Waals surface area contributed by atoms with E-state index in [2.05, 4.69) is 66.1 Å². The maximum absolute atomic E-state index is 5.89. The van der Waals surface area contributed by atoms with E-state index >= 15 is 0 Å². The third-order valence-corrected chi connectivity index (χ3v) is 4.56. The van der Waals surface area contributed by atoms with E-state index in [1.165, 1.54) is 5.56 Å². The lowest BCUT2D eigenvalue weighted by Crippen LogP contribution is -2.11. The Morgan fingerprint density at radius 1 is 1.00 bits per heavy atom. The summed E-state index contributed by atoms with van der Waals surface area (Å²) in [7, 11) is 0. The molecule has 0 amide bonds. The van der Waals surface area contributed by atoms with Gasteiger partial charge >= 0.3 is 0 Å². The molecule has 0 fully saturated rings. The van der Waals surface area contributed by atoms with Crippen LogP contribution < -0.4 is 10.1 Å². The standard InChI is InChI=1S/C15H14Br3NO/c1-2-19-9-10-3-5-12(8-13(10)17)20-15-6-4-11(16)7-14(15)18/h3-8,19H,2,9H2,1H3. The first-order valence-corrected chi connectivity index (χ1v) is 8.60. The van der Waals surface area contributed by atoms with Crippen molar-refractivity contribution in [1.29, 1.82) is 0 Å². The van der Waals surface area contributed by atoms with Crippen molar-refractivity contribution in [3.63, 3.8) is 0 Å². The number of nitrogens with one attached hydrogen (secondary N) is 1. The van der Waals surface area contributed by atoms with Crippen LogP contribution in [0.1, 0.15) is 12.5 Å². The van der Waals surface area contributed by atoms with E-state index in [1.54, 1.807) is 0 Å². The van der Waals surface area contributed by atoms with Crippen LogP contribution in [-0.2, 0) is 6.54 Å². The van der Waals surface area contributed by atoms with Gasteiger partial charge in [0.1, 0.15) is 11.5 Å². The maximum atomic E-state index is 5.89. The minimum atomic E-state index is 0.791. The van der Waals surface area contributed by atoms with Crippen LogP contribution in [0.4, 0.5) is 0 Å². The molecule has 0 radical (unpaired) electrons. The molecule has 1 N–H and O–H groups in total. The molecule has 0 bridgehead atoms. The van der Waals surface area contributed by atoms with Gasteiger partial charge in [-0.3, -0.25) is 0 Å². The van der Waals surface area contributed by atoms with Gasteiger partial charge in [0.2, 0.25) is 0 Å². The number of hydrogen-bond donors (Lipinski definition) is 1. The SMILES string of the molecule is CCNCc1ccc(Oc2ccc(Br)cc2Br)cc1Br. The Hall–Kier alpha value is -0.360. The smallest absolute Gasteiger partial charge is 0.141 e. The maximum Gasteiger partial charge on any atom is 0.141 e. The van der Waals surface area contributed by atoms with Gasteiger partial charge in [-0.2, -0.15) is 0 Å². The zero-order chi connectivity index (χ0) is 14.5. The molecule has 20 heavy (non-hydrogen) atoms. The van der Waals surface area contributed by atoms with Crippen LogP contribution in [0.3, 0.4) is 0 Å². The van der Waals surface area contributed by atoms with E-state index in [-0.39, 0.29) is 0 Å². The van der Waals surface area contributed by atoms with Crippen molar-refractivity contribution in [3.05, 3.63) is 55.4 Å². The Morgan fingerprint density at radius 2 is 1.80 bits per heavy atom. The molecule has 0 atom stereocenters. The van der Waals surface area contributed by atoms with E-state index in [0.717, 1.165) is 38.0 Å². The molecule has 0 aliphatic carbocycles. The van der Waals surface area contributed by atoms with E-state index < -0.39 is 0 Å². The van der Waals surface area contributed by atoms with Crippen LogP contribution in [-0.4, -0.2) is 6.54 Å². The molecule has 0 aliphatic rings. The summed E-state index contributed by atoms with van der Waals surface area (Å²) in [5, 5.41) is 3.31. The van der Waals surface area contributed by atoms with Crippen LogP contribution in [0.2, 0.25) is 0 Å². The molecule has 5 heteroatoms. The molecule has 2 aromatic rings. The number of halogens is 3. The fourth-order valence-electron chi connectivity index (χ4n) is 1.68. The highest BCUT2D eigenvalue weighted by Crippen LogP contribution is 2.33. The molecule has 2 aromatic carbocycles. The molecule has 0 aliphatic heterocycles. The Labute approximate surface area is 144 Å². The van der Waals surface area contributed by atoms with Crippen molar-refractivity contribution < 1.29 is 4.74 Å². The summed E-state index contributed by atoms with van der Waals surface area (Å²) >= 11 is 10.5. The first-order valence-electron chi connectivity index (χ1n) is 6.22. The molecule has 2 rings (SSSR count). The summed E-state index contributed by atoms with van der Waals surface area (Å²) in [6.45, 7) is 3.90. The van der Waals surface area contributed by atoms with Gasteiger partial charge in [-0.05, 0) is 58.4 Å². The zero-order valence-electron chi connectivity index (χ0n) is 10.9. The van der Waals surface area contributed by atoms with Crippen LogP contribution in [0.5, 0.6) is 11.5 Å². The van der Waals surface area contributed by atoms with Crippen LogP contribution in [0, 0.1) is 0 Å². The summed E-state index contributed by atoms with van der Waals surface area (Å²) in [5.41, 5.74) is 1.22. The fraction of sp³-hybridized carbons (Fsp3) is 0.200. The molecule has 0 saturated heterocycles. The van der Waals surface area contributed by atoms with Crippen LogP contribution in [0.15, 0.2) is 49.8 Å². The number of ether oxygens (including phenoxy) is 1. The van der Waals surface area contributed by atoms with E-state index in [4.69, 9.17) is 4.74 Å². The van der Waals surface area contributed by atoms with Gasteiger partial charge in [0.25, 0.3) is 0 Å².